The molecular weight excluding hydrogens is 366 g/mol. The Kier molecular flexibility index (Phi) is 5.16. The molecule has 0 saturated carbocycles. The van der Waals surface area contributed by atoms with Crippen LogP contribution in [0.15, 0.2) is 54.6 Å². The first-order chi connectivity index (χ1) is 14.2. The molecule has 1 atom stereocenters. The number of carbonyl (C=O) groups excluding carboxylic acids is 1. The summed E-state index contributed by atoms with van der Waals surface area (Å²) in [5, 5.41) is 19.4. The smallest absolute Gasteiger partial charge is 0.251 e. The summed E-state index contributed by atoms with van der Waals surface area (Å²) in [6.45, 7) is 1.53. The SMILES string of the molecule is COc1ccc(-c2cc(N3CC[C@H](NC(=O)c4ccc(C#N)cc4)C3)n[nH]2)cc1. The molecule has 0 bridgehead atoms. The zero-order valence-electron chi connectivity index (χ0n) is 16.1. The Hall–Kier alpha value is -3.79. The molecule has 2 heterocycles. The summed E-state index contributed by atoms with van der Waals surface area (Å²) in [7, 11) is 1.65. The summed E-state index contributed by atoms with van der Waals surface area (Å²) in [4.78, 5) is 14.6. The molecule has 7 heteroatoms. The Labute approximate surface area is 168 Å². The molecule has 2 aromatic carbocycles. The molecule has 0 aliphatic carbocycles. The summed E-state index contributed by atoms with van der Waals surface area (Å²) in [6, 6.07) is 18.6. The molecule has 1 amide bonds. The summed E-state index contributed by atoms with van der Waals surface area (Å²) in [6.07, 6.45) is 0.854. The summed E-state index contributed by atoms with van der Waals surface area (Å²) < 4.78 is 5.20. The van der Waals surface area contributed by atoms with Crippen molar-refractivity contribution in [1.29, 1.82) is 5.26 Å². The lowest BCUT2D eigenvalue weighted by atomic mass is 10.1. The standard InChI is InChI=1S/C22H21N5O2/c1-29-19-8-6-16(7-9-19)20-12-21(26-25-20)27-11-10-18(14-27)24-22(28)17-4-2-15(13-23)3-5-17/h2-9,12,18H,10-11,14H2,1H3,(H,24,28)(H,25,26)/t18-/m0/s1. The molecule has 4 rings (SSSR count). The van der Waals surface area contributed by atoms with Crippen molar-refractivity contribution < 1.29 is 9.53 Å². The molecule has 1 aliphatic heterocycles. The van der Waals surface area contributed by atoms with Crippen LogP contribution in [0.2, 0.25) is 0 Å². The number of aromatic amines is 1. The number of benzene rings is 2. The van der Waals surface area contributed by atoms with Crippen LogP contribution >= 0.6 is 0 Å². The minimum absolute atomic E-state index is 0.0549. The van der Waals surface area contributed by atoms with Crippen LogP contribution in [0.1, 0.15) is 22.3 Å². The van der Waals surface area contributed by atoms with Gasteiger partial charge in [0.1, 0.15) is 5.75 Å². The van der Waals surface area contributed by atoms with Gasteiger partial charge in [0, 0.05) is 30.8 Å². The van der Waals surface area contributed by atoms with Gasteiger partial charge in [-0.05, 0) is 60.5 Å². The fourth-order valence-corrected chi connectivity index (χ4v) is 3.44. The zero-order chi connectivity index (χ0) is 20.2. The predicted octanol–water partition coefficient (Wildman–Crippen LogP) is 2.97. The largest absolute Gasteiger partial charge is 0.497 e. The van der Waals surface area contributed by atoms with Gasteiger partial charge < -0.3 is 15.0 Å². The quantitative estimate of drug-likeness (QED) is 0.702. The van der Waals surface area contributed by atoms with Gasteiger partial charge in [0.25, 0.3) is 5.91 Å². The maximum absolute atomic E-state index is 12.4. The summed E-state index contributed by atoms with van der Waals surface area (Å²) in [5.74, 6) is 1.56. The van der Waals surface area contributed by atoms with Crippen molar-refractivity contribution in [2.24, 2.45) is 0 Å². The fourth-order valence-electron chi connectivity index (χ4n) is 3.44. The van der Waals surface area contributed by atoms with Crippen LogP contribution < -0.4 is 15.0 Å². The van der Waals surface area contributed by atoms with E-state index in [2.05, 4.69) is 26.5 Å². The molecule has 1 aromatic heterocycles. The second-order valence-electron chi connectivity index (χ2n) is 6.96. The molecule has 1 saturated heterocycles. The fraction of sp³-hybridized carbons (Fsp3) is 0.227. The summed E-state index contributed by atoms with van der Waals surface area (Å²) in [5.41, 5.74) is 3.07. The highest BCUT2D eigenvalue weighted by molar-refractivity contribution is 5.94. The Morgan fingerprint density at radius 1 is 1.24 bits per heavy atom. The molecule has 1 aliphatic rings. The normalized spacial score (nSPS) is 15.7. The van der Waals surface area contributed by atoms with Gasteiger partial charge in [-0.25, -0.2) is 0 Å². The Balaban J connectivity index is 1.37. The Morgan fingerprint density at radius 2 is 2.00 bits per heavy atom. The van der Waals surface area contributed by atoms with E-state index in [-0.39, 0.29) is 11.9 Å². The van der Waals surface area contributed by atoms with Gasteiger partial charge in [-0.15, -0.1) is 0 Å². The maximum Gasteiger partial charge on any atom is 0.251 e. The van der Waals surface area contributed by atoms with Gasteiger partial charge >= 0.3 is 0 Å². The number of hydrogen-bond donors (Lipinski definition) is 2. The van der Waals surface area contributed by atoms with Gasteiger partial charge in [0.15, 0.2) is 5.82 Å². The number of hydrogen-bond acceptors (Lipinski definition) is 5. The molecule has 0 unspecified atom stereocenters. The van der Waals surface area contributed by atoms with Gasteiger partial charge in [-0.2, -0.15) is 10.4 Å². The van der Waals surface area contributed by atoms with Crippen molar-refractivity contribution in [3.63, 3.8) is 0 Å². The van der Waals surface area contributed by atoms with E-state index in [0.717, 1.165) is 35.8 Å². The van der Waals surface area contributed by atoms with E-state index in [4.69, 9.17) is 10.00 Å². The molecular formula is C22H21N5O2. The van der Waals surface area contributed by atoms with Crippen LogP contribution in [0.4, 0.5) is 5.82 Å². The molecule has 1 fully saturated rings. The number of nitriles is 1. The van der Waals surface area contributed by atoms with Crippen LogP contribution in [0.5, 0.6) is 5.75 Å². The van der Waals surface area contributed by atoms with E-state index < -0.39 is 0 Å². The van der Waals surface area contributed by atoms with E-state index in [1.165, 1.54) is 0 Å². The number of nitrogens with one attached hydrogen (secondary N) is 2. The molecule has 0 spiro atoms. The number of carbonyl (C=O) groups is 1. The number of methoxy groups -OCH3 is 1. The van der Waals surface area contributed by atoms with E-state index >= 15 is 0 Å². The number of nitrogens with zero attached hydrogens (tertiary/aromatic N) is 3. The number of rotatable bonds is 5. The van der Waals surface area contributed by atoms with E-state index in [9.17, 15) is 4.79 Å². The monoisotopic (exact) mass is 387 g/mol. The number of ether oxygens (including phenoxy) is 1. The second-order valence-corrected chi connectivity index (χ2v) is 6.96. The van der Waals surface area contributed by atoms with E-state index in [1.54, 1.807) is 31.4 Å². The van der Waals surface area contributed by atoms with Crippen molar-refractivity contribution in [3.8, 4) is 23.1 Å². The first-order valence-electron chi connectivity index (χ1n) is 9.42. The number of amides is 1. The third-order valence-corrected chi connectivity index (χ3v) is 5.09. The lowest BCUT2D eigenvalue weighted by Gasteiger charge is -2.16. The maximum atomic E-state index is 12.4. The number of anilines is 1. The average Bonchev–Trinajstić information content (AvgIpc) is 3.43. The summed E-state index contributed by atoms with van der Waals surface area (Å²) >= 11 is 0. The Bertz CT molecular complexity index is 1030. The minimum Gasteiger partial charge on any atom is -0.497 e. The number of aromatic nitrogens is 2. The van der Waals surface area contributed by atoms with Crippen molar-refractivity contribution in [3.05, 3.63) is 65.7 Å². The minimum atomic E-state index is -0.123. The lowest BCUT2D eigenvalue weighted by Crippen LogP contribution is -2.37. The zero-order valence-corrected chi connectivity index (χ0v) is 16.1. The third kappa shape index (κ3) is 4.06. The topological polar surface area (TPSA) is 94.0 Å². The highest BCUT2D eigenvalue weighted by Crippen LogP contribution is 2.26. The van der Waals surface area contributed by atoms with Crippen LogP contribution in [0.3, 0.4) is 0 Å². The van der Waals surface area contributed by atoms with Gasteiger partial charge in [0.05, 0.1) is 24.4 Å². The first-order valence-corrected chi connectivity index (χ1v) is 9.42. The van der Waals surface area contributed by atoms with E-state index in [0.29, 0.717) is 17.7 Å². The highest BCUT2D eigenvalue weighted by atomic mass is 16.5. The molecule has 146 valence electrons. The highest BCUT2D eigenvalue weighted by Gasteiger charge is 2.26. The molecule has 7 nitrogen and oxygen atoms in total. The Morgan fingerprint density at radius 3 is 2.69 bits per heavy atom. The van der Waals surface area contributed by atoms with Crippen molar-refractivity contribution >= 4 is 11.7 Å². The average molecular weight is 387 g/mol. The van der Waals surface area contributed by atoms with Crippen LogP contribution in [-0.4, -0.2) is 42.3 Å². The molecule has 29 heavy (non-hydrogen) atoms. The van der Waals surface area contributed by atoms with Crippen LogP contribution in [0.25, 0.3) is 11.3 Å². The van der Waals surface area contributed by atoms with Crippen molar-refractivity contribution in [1.82, 2.24) is 15.5 Å². The van der Waals surface area contributed by atoms with Gasteiger partial charge in [-0.1, -0.05) is 0 Å². The van der Waals surface area contributed by atoms with Crippen LogP contribution in [0, 0.1) is 11.3 Å². The molecule has 3 aromatic rings. The third-order valence-electron chi connectivity index (χ3n) is 5.09. The second kappa shape index (κ2) is 8.07. The van der Waals surface area contributed by atoms with Gasteiger partial charge in [0.2, 0.25) is 0 Å². The number of H-pyrrole nitrogens is 1. The molecule has 2 N–H and O–H groups in total. The van der Waals surface area contributed by atoms with Crippen LogP contribution in [-0.2, 0) is 0 Å². The predicted molar refractivity (Wildman–Crippen MR) is 110 cm³/mol. The molecule has 0 radical (unpaired) electrons. The first kappa shape index (κ1) is 18.6. The van der Waals surface area contributed by atoms with Crippen molar-refractivity contribution in [2.45, 2.75) is 12.5 Å². The van der Waals surface area contributed by atoms with Crippen molar-refractivity contribution in [2.75, 3.05) is 25.1 Å². The van der Waals surface area contributed by atoms with Gasteiger partial charge in [-0.3, -0.25) is 9.89 Å². The lowest BCUT2D eigenvalue weighted by molar-refractivity contribution is 0.0940. The van der Waals surface area contributed by atoms with E-state index in [1.807, 2.05) is 30.3 Å².